The number of nitrogens with two attached hydrogens (primary N) is 1. The maximum Gasteiger partial charge on any atom is 0.226 e. The van der Waals surface area contributed by atoms with E-state index in [1.807, 2.05) is 9.47 Å². The van der Waals surface area contributed by atoms with E-state index in [0.717, 1.165) is 38.2 Å². The maximum absolute atomic E-state index is 12.7. The Kier molecular flexibility index (Phi) is 3.26. The highest BCUT2D eigenvalue weighted by Gasteiger charge is 2.35. The molecule has 0 radical (unpaired) electrons. The monoisotopic (exact) mass is 263 g/mol. The van der Waals surface area contributed by atoms with Crippen LogP contribution in [-0.2, 0) is 17.9 Å². The number of hydrogen-bond donors (Lipinski definition) is 1. The first kappa shape index (κ1) is 12.6. The van der Waals surface area contributed by atoms with E-state index in [-0.39, 0.29) is 17.9 Å². The van der Waals surface area contributed by atoms with Gasteiger partial charge in [0.25, 0.3) is 0 Å². The second-order valence-electron chi connectivity index (χ2n) is 5.86. The molecule has 2 aliphatic rings. The first-order chi connectivity index (χ1) is 9.15. The summed E-state index contributed by atoms with van der Waals surface area (Å²) >= 11 is 0. The Labute approximate surface area is 113 Å². The van der Waals surface area contributed by atoms with Gasteiger partial charge in [-0.25, -0.2) is 0 Å². The van der Waals surface area contributed by atoms with Crippen LogP contribution in [0.25, 0.3) is 0 Å². The van der Waals surface area contributed by atoms with Crippen molar-refractivity contribution in [2.24, 2.45) is 17.6 Å². The van der Waals surface area contributed by atoms with E-state index in [1.165, 1.54) is 0 Å². The molecule has 3 atom stereocenters. The van der Waals surface area contributed by atoms with Gasteiger partial charge in [0.15, 0.2) is 5.82 Å². The maximum atomic E-state index is 12.7. The summed E-state index contributed by atoms with van der Waals surface area (Å²) in [6.45, 7) is 4.29. The van der Waals surface area contributed by atoms with Crippen LogP contribution >= 0.6 is 0 Å². The molecule has 1 aliphatic carbocycles. The predicted octanol–water partition coefficient (Wildman–Crippen LogP) is 0.384. The third kappa shape index (κ3) is 2.36. The lowest BCUT2D eigenvalue weighted by Gasteiger charge is -2.36. The lowest BCUT2D eigenvalue weighted by Crippen LogP contribution is -2.46. The molecule has 3 rings (SSSR count). The number of fused-ring (bicyclic) bond motifs is 1. The zero-order valence-corrected chi connectivity index (χ0v) is 11.3. The van der Waals surface area contributed by atoms with Crippen molar-refractivity contribution in [2.75, 3.05) is 6.54 Å². The molecule has 19 heavy (non-hydrogen) atoms. The topological polar surface area (TPSA) is 77.0 Å². The van der Waals surface area contributed by atoms with Gasteiger partial charge in [-0.2, -0.15) is 0 Å². The standard InChI is InChI=1S/C13H21N5O/c1-9-2-3-10(14)6-11(9)13(19)17-4-5-18-8-15-16-12(18)7-17/h8-11H,2-7,14H2,1H3. The van der Waals surface area contributed by atoms with E-state index in [1.54, 1.807) is 6.33 Å². The van der Waals surface area contributed by atoms with Gasteiger partial charge in [0, 0.05) is 25.0 Å². The number of aromatic nitrogens is 3. The average Bonchev–Trinajstić information content (AvgIpc) is 2.88. The average molecular weight is 263 g/mol. The smallest absolute Gasteiger partial charge is 0.226 e. The van der Waals surface area contributed by atoms with Crippen LogP contribution < -0.4 is 5.73 Å². The molecule has 3 unspecified atom stereocenters. The van der Waals surface area contributed by atoms with Crippen molar-refractivity contribution in [2.45, 2.75) is 45.3 Å². The van der Waals surface area contributed by atoms with E-state index in [4.69, 9.17) is 5.73 Å². The van der Waals surface area contributed by atoms with E-state index in [2.05, 4.69) is 17.1 Å². The first-order valence-corrected chi connectivity index (χ1v) is 7.06. The van der Waals surface area contributed by atoms with Crippen molar-refractivity contribution in [1.82, 2.24) is 19.7 Å². The summed E-state index contributed by atoms with van der Waals surface area (Å²) in [6.07, 6.45) is 4.65. The summed E-state index contributed by atoms with van der Waals surface area (Å²) in [5.41, 5.74) is 6.02. The van der Waals surface area contributed by atoms with Crippen molar-refractivity contribution in [3.63, 3.8) is 0 Å². The van der Waals surface area contributed by atoms with Gasteiger partial charge in [-0.1, -0.05) is 6.92 Å². The molecule has 1 aromatic rings. The lowest BCUT2D eigenvalue weighted by atomic mass is 9.77. The van der Waals surface area contributed by atoms with E-state index in [9.17, 15) is 4.79 Å². The molecule has 1 aromatic heterocycles. The Morgan fingerprint density at radius 3 is 3.11 bits per heavy atom. The van der Waals surface area contributed by atoms with Crippen molar-refractivity contribution in [3.8, 4) is 0 Å². The quantitative estimate of drug-likeness (QED) is 0.795. The molecule has 6 nitrogen and oxygen atoms in total. The van der Waals surface area contributed by atoms with Crippen LogP contribution in [0.1, 0.15) is 32.0 Å². The van der Waals surface area contributed by atoms with Crippen LogP contribution in [0, 0.1) is 11.8 Å². The minimum Gasteiger partial charge on any atom is -0.333 e. The molecule has 0 spiro atoms. The molecule has 1 amide bonds. The van der Waals surface area contributed by atoms with Crippen molar-refractivity contribution in [1.29, 1.82) is 0 Å². The summed E-state index contributed by atoms with van der Waals surface area (Å²) in [5.74, 6) is 1.65. The lowest BCUT2D eigenvalue weighted by molar-refractivity contribution is -0.140. The largest absolute Gasteiger partial charge is 0.333 e. The molecule has 0 bridgehead atoms. The Balaban J connectivity index is 1.71. The second kappa shape index (κ2) is 4.92. The molecule has 0 aromatic carbocycles. The van der Waals surface area contributed by atoms with Gasteiger partial charge in [0.05, 0.1) is 6.54 Å². The Hall–Kier alpha value is -1.43. The molecule has 1 aliphatic heterocycles. The van der Waals surface area contributed by atoms with Crippen molar-refractivity contribution in [3.05, 3.63) is 12.2 Å². The van der Waals surface area contributed by atoms with Gasteiger partial charge >= 0.3 is 0 Å². The number of hydrogen-bond acceptors (Lipinski definition) is 4. The summed E-state index contributed by atoms with van der Waals surface area (Å²) in [6, 6.07) is 0.179. The van der Waals surface area contributed by atoms with Gasteiger partial charge < -0.3 is 15.2 Å². The van der Waals surface area contributed by atoms with Crippen LogP contribution in [0.5, 0.6) is 0 Å². The highest BCUT2D eigenvalue weighted by atomic mass is 16.2. The second-order valence-corrected chi connectivity index (χ2v) is 5.86. The van der Waals surface area contributed by atoms with Crippen molar-refractivity contribution < 1.29 is 4.79 Å². The minimum absolute atomic E-state index is 0.0817. The SMILES string of the molecule is CC1CCC(N)CC1C(=O)N1CCn2cnnc2C1. The number of amides is 1. The molecule has 1 fully saturated rings. The van der Waals surface area contributed by atoms with Crippen LogP contribution in [0.2, 0.25) is 0 Å². The van der Waals surface area contributed by atoms with Crippen LogP contribution in [0.3, 0.4) is 0 Å². The number of carbonyl (C=O) groups excluding carboxylic acids is 1. The van der Waals surface area contributed by atoms with Crippen LogP contribution in [0.4, 0.5) is 0 Å². The fraction of sp³-hybridized carbons (Fsp3) is 0.769. The highest BCUT2D eigenvalue weighted by molar-refractivity contribution is 5.79. The minimum atomic E-state index is 0.0817. The summed E-state index contributed by atoms with van der Waals surface area (Å²) < 4.78 is 2.01. The molecule has 0 saturated heterocycles. The normalized spacial score (nSPS) is 31.1. The molecule has 2 heterocycles. The van der Waals surface area contributed by atoms with E-state index < -0.39 is 0 Å². The fourth-order valence-corrected chi connectivity index (χ4v) is 3.19. The molecule has 6 heteroatoms. The molecule has 2 N–H and O–H groups in total. The number of rotatable bonds is 1. The van der Waals surface area contributed by atoms with Gasteiger partial charge in [-0.05, 0) is 25.2 Å². The molecular formula is C13H21N5O. The third-order valence-corrected chi connectivity index (χ3v) is 4.50. The summed E-state index contributed by atoms with van der Waals surface area (Å²) in [7, 11) is 0. The highest BCUT2D eigenvalue weighted by Crippen LogP contribution is 2.31. The van der Waals surface area contributed by atoms with E-state index in [0.29, 0.717) is 12.5 Å². The van der Waals surface area contributed by atoms with Crippen molar-refractivity contribution >= 4 is 5.91 Å². The van der Waals surface area contributed by atoms with Gasteiger partial charge in [0.2, 0.25) is 5.91 Å². The predicted molar refractivity (Wildman–Crippen MR) is 69.9 cm³/mol. The third-order valence-electron chi connectivity index (χ3n) is 4.50. The summed E-state index contributed by atoms with van der Waals surface area (Å²) in [5, 5.41) is 7.95. The Bertz CT molecular complexity index is 471. The Morgan fingerprint density at radius 2 is 2.26 bits per heavy atom. The van der Waals surface area contributed by atoms with Gasteiger partial charge in [0.1, 0.15) is 6.33 Å². The molecular weight excluding hydrogens is 242 g/mol. The summed E-state index contributed by atoms with van der Waals surface area (Å²) in [4.78, 5) is 14.6. The zero-order chi connectivity index (χ0) is 13.4. The zero-order valence-electron chi connectivity index (χ0n) is 11.3. The van der Waals surface area contributed by atoms with Crippen LogP contribution in [-0.4, -0.2) is 38.2 Å². The Morgan fingerprint density at radius 1 is 1.42 bits per heavy atom. The van der Waals surface area contributed by atoms with Gasteiger partial charge in [-0.15, -0.1) is 10.2 Å². The van der Waals surface area contributed by atoms with Crippen LogP contribution in [0.15, 0.2) is 6.33 Å². The van der Waals surface area contributed by atoms with E-state index >= 15 is 0 Å². The molecule has 104 valence electrons. The number of nitrogens with zero attached hydrogens (tertiary/aromatic N) is 4. The fourth-order valence-electron chi connectivity index (χ4n) is 3.19. The number of carbonyl (C=O) groups is 1. The first-order valence-electron chi connectivity index (χ1n) is 7.06. The van der Waals surface area contributed by atoms with Gasteiger partial charge in [-0.3, -0.25) is 4.79 Å². The molecule has 1 saturated carbocycles.